The Kier molecular flexibility index (Phi) is 3.86. The van der Waals surface area contributed by atoms with Crippen LogP contribution in [0.2, 0.25) is 0 Å². The molecule has 0 aliphatic carbocycles. The summed E-state index contributed by atoms with van der Waals surface area (Å²) in [4.78, 5) is 3.89. The zero-order valence-electron chi connectivity index (χ0n) is 10.4. The molecule has 0 radical (unpaired) electrons. The Hall–Kier alpha value is -2.20. The summed E-state index contributed by atoms with van der Waals surface area (Å²) in [5, 5.41) is 8.33. The van der Waals surface area contributed by atoms with Crippen LogP contribution in [0.25, 0.3) is 0 Å². The zero-order chi connectivity index (χ0) is 14.8. The van der Waals surface area contributed by atoms with Crippen molar-refractivity contribution in [3.8, 4) is 0 Å². The van der Waals surface area contributed by atoms with E-state index in [1.165, 1.54) is 24.3 Å². The minimum Gasteiger partial charge on any atom is -0.370 e. The summed E-state index contributed by atoms with van der Waals surface area (Å²) in [6.07, 6.45) is 0. The second kappa shape index (κ2) is 5.43. The monoisotopic (exact) mass is 312 g/mol. The molecular weight excluding hydrogens is 300 g/mol. The van der Waals surface area contributed by atoms with Crippen LogP contribution in [-0.4, -0.2) is 24.6 Å². The number of hydrogen-bond donors (Lipinski definition) is 3. The predicted octanol–water partition coefficient (Wildman–Crippen LogP) is 0.552. The van der Waals surface area contributed by atoms with Crippen LogP contribution >= 0.6 is 11.3 Å². The van der Waals surface area contributed by atoms with E-state index < -0.39 is 10.0 Å². The van der Waals surface area contributed by atoms with Gasteiger partial charge in [-0.15, -0.1) is 10.2 Å². The highest BCUT2D eigenvalue weighted by molar-refractivity contribution is 7.93. The van der Waals surface area contributed by atoms with Gasteiger partial charge in [-0.25, -0.2) is 13.4 Å². The van der Waals surface area contributed by atoms with E-state index in [0.717, 1.165) is 11.3 Å². The number of aromatic nitrogens is 2. The van der Waals surface area contributed by atoms with Crippen molar-refractivity contribution in [1.29, 1.82) is 0 Å². The molecule has 0 unspecified atom stereocenters. The van der Waals surface area contributed by atoms with Gasteiger partial charge in [0.15, 0.2) is 5.96 Å². The summed E-state index contributed by atoms with van der Waals surface area (Å²) in [6, 6.07) is 5.80. The van der Waals surface area contributed by atoms with Gasteiger partial charge >= 0.3 is 0 Å². The molecule has 0 aliphatic rings. The molecule has 2 aromatic rings. The van der Waals surface area contributed by atoms with Crippen molar-refractivity contribution in [2.75, 3.05) is 4.72 Å². The summed E-state index contributed by atoms with van der Waals surface area (Å²) < 4.78 is 26.5. The lowest BCUT2D eigenvalue weighted by molar-refractivity contribution is 0.601. The Labute approximate surface area is 119 Å². The highest BCUT2D eigenvalue weighted by Crippen LogP contribution is 2.21. The Bertz CT molecular complexity index is 731. The molecule has 20 heavy (non-hydrogen) atoms. The maximum Gasteiger partial charge on any atom is 0.263 e. The Morgan fingerprint density at radius 3 is 2.40 bits per heavy atom. The van der Waals surface area contributed by atoms with E-state index in [1.807, 2.05) is 0 Å². The van der Waals surface area contributed by atoms with Gasteiger partial charge in [0, 0.05) is 0 Å². The standard InChI is InChI=1S/C10H12N6O2S2/c1-6-14-15-10(19-6)16-20(17,18)8-4-2-7(3-5-8)13-9(11)12/h2-5H,1H3,(H,15,16)(H4,11,12,13). The Morgan fingerprint density at radius 2 is 1.90 bits per heavy atom. The number of anilines is 1. The number of nitrogens with one attached hydrogen (secondary N) is 1. The van der Waals surface area contributed by atoms with Crippen molar-refractivity contribution in [2.45, 2.75) is 11.8 Å². The normalized spacial score (nSPS) is 11.1. The summed E-state index contributed by atoms with van der Waals surface area (Å²) in [7, 11) is -3.70. The summed E-state index contributed by atoms with van der Waals surface area (Å²) >= 11 is 1.15. The first-order chi connectivity index (χ1) is 9.37. The quantitative estimate of drug-likeness (QED) is 0.557. The minimum atomic E-state index is -3.70. The zero-order valence-corrected chi connectivity index (χ0v) is 12.1. The Balaban J connectivity index is 2.23. The van der Waals surface area contributed by atoms with Crippen LogP contribution in [0.4, 0.5) is 10.8 Å². The molecule has 0 saturated carbocycles. The maximum atomic E-state index is 12.1. The van der Waals surface area contributed by atoms with Crippen molar-refractivity contribution >= 4 is 38.1 Å². The number of sulfonamides is 1. The summed E-state index contributed by atoms with van der Waals surface area (Å²) in [5.41, 5.74) is 10.9. The predicted molar refractivity (Wildman–Crippen MR) is 77.4 cm³/mol. The topological polar surface area (TPSA) is 136 Å². The maximum absolute atomic E-state index is 12.1. The average molecular weight is 312 g/mol. The molecule has 0 atom stereocenters. The summed E-state index contributed by atoms with van der Waals surface area (Å²) in [6.45, 7) is 1.74. The number of nitrogens with zero attached hydrogens (tertiary/aromatic N) is 3. The molecule has 5 N–H and O–H groups in total. The molecule has 0 aliphatic heterocycles. The molecule has 1 aromatic heterocycles. The number of hydrogen-bond acceptors (Lipinski definition) is 6. The third-order valence-electron chi connectivity index (χ3n) is 2.15. The molecule has 106 valence electrons. The first-order valence-corrected chi connectivity index (χ1v) is 7.69. The molecular formula is C10H12N6O2S2. The lowest BCUT2D eigenvalue weighted by atomic mass is 10.3. The fourth-order valence-electron chi connectivity index (χ4n) is 1.36. The highest BCUT2D eigenvalue weighted by Gasteiger charge is 2.16. The van der Waals surface area contributed by atoms with E-state index in [9.17, 15) is 8.42 Å². The van der Waals surface area contributed by atoms with Crippen LogP contribution in [0.1, 0.15) is 5.01 Å². The molecule has 0 bridgehead atoms. The van der Waals surface area contributed by atoms with Gasteiger partial charge in [0.05, 0.1) is 10.6 Å². The molecule has 0 spiro atoms. The smallest absolute Gasteiger partial charge is 0.263 e. The lowest BCUT2D eigenvalue weighted by Crippen LogP contribution is -2.21. The van der Waals surface area contributed by atoms with E-state index in [-0.39, 0.29) is 16.0 Å². The third kappa shape index (κ3) is 3.42. The van der Waals surface area contributed by atoms with Crippen LogP contribution in [0.3, 0.4) is 0 Å². The van der Waals surface area contributed by atoms with E-state index >= 15 is 0 Å². The van der Waals surface area contributed by atoms with Crippen LogP contribution in [0.5, 0.6) is 0 Å². The fourth-order valence-corrected chi connectivity index (χ4v) is 3.18. The largest absolute Gasteiger partial charge is 0.370 e. The van der Waals surface area contributed by atoms with Gasteiger partial charge in [-0.1, -0.05) is 11.3 Å². The average Bonchev–Trinajstić information content (AvgIpc) is 2.74. The van der Waals surface area contributed by atoms with E-state index in [1.54, 1.807) is 6.92 Å². The van der Waals surface area contributed by atoms with Crippen molar-refractivity contribution in [3.63, 3.8) is 0 Å². The van der Waals surface area contributed by atoms with Gasteiger partial charge < -0.3 is 11.5 Å². The van der Waals surface area contributed by atoms with Gasteiger partial charge in [-0.3, -0.25) is 4.72 Å². The van der Waals surface area contributed by atoms with Crippen molar-refractivity contribution in [2.24, 2.45) is 16.5 Å². The number of guanidine groups is 1. The minimum absolute atomic E-state index is 0.0832. The summed E-state index contributed by atoms with van der Waals surface area (Å²) in [5.74, 6) is -0.0944. The first kappa shape index (κ1) is 14.2. The second-order valence-corrected chi connectivity index (χ2v) is 6.63. The molecule has 0 saturated heterocycles. The molecule has 0 amide bonds. The van der Waals surface area contributed by atoms with Crippen molar-refractivity contribution < 1.29 is 8.42 Å². The number of nitrogens with two attached hydrogens (primary N) is 2. The van der Waals surface area contributed by atoms with E-state index in [4.69, 9.17) is 11.5 Å². The number of aliphatic imine (C=N–C) groups is 1. The lowest BCUT2D eigenvalue weighted by Gasteiger charge is -2.04. The van der Waals surface area contributed by atoms with Crippen LogP contribution in [0, 0.1) is 6.92 Å². The molecule has 1 aromatic carbocycles. The molecule has 1 heterocycles. The van der Waals surface area contributed by atoms with Gasteiger partial charge in [-0.2, -0.15) is 0 Å². The number of rotatable bonds is 4. The highest BCUT2D eigenvalue weighted by atomic mass is 32.2. The number of aryl methyl sites for hydroxylation is 1. The first-order valence-electron chi connectivity index (χ1n) is 5.39. The second-order valence-electron chi connectivity index (χ2n) is 3.76. The SMILES string of the molecule is Cc1nnc(NS(=O)(=O)c2ccc(N=C(N)N)cc2)s1. The van der Waals surface area contributed by atoms with E-state index in [2.05, 4.69) is 19.9 Å². The van der Waals surface area contributed by atoms with Crippen molar-refractivity contribution in [3.05, 3.63) is 29.3 Å². The fraction of sp³-hybridized carbons (Fsp3) is 0.100. The van der Waals surface area contributed by atoms with Gasteiger partial charge in [-0.05, 0) is 31.2 Å². The number of benzene rings is 1. The van der Waals surface area contributed by atoms with Crippen LogP contribution in [-0.2, 0) is 10.0 Å². The Morgan fingerprint density at radius 1 is 1.25 bits per heavy atom. The van der Waals surface area contributed by atoms with Gasteiger partial charge in [0.25, 0.3) is 10.0 Å². The molecule has 10 heteroatoms. The molecule has 2 rings (SSSR count). The van der Waals surface area contributed by atoms with Crippen LogP contribution < -0.4 is 16.2 Å². The molecule has 0 fully saturated rings. The van der Waals surface area contributed by atoms with Crippen molar-refractivity contribution in [1.82, 2.24) is 10.2 Å². The molecule has 8 nitrogen and oxygen atoms in total. The van der Waals surface area contributed by atoms with E-state index in [0.29, 0.717) is 10.7 Å². The van der Waals surface area contributed by atoms with Crippen LogP contribution in [0.15, 0.2) is 34.2 Å². The third-order valence-corrected chi connectivity index (χ3v) is 4.39. The van der Waals surface area contributed by atoms with Gasteiger partial charge in [0.2, 0.25) is 5.13 Å². The van der Waals surface area contributed by atoms with Gasteiger partial charge in [0.1, 0.15) is 5.01 Å².